The largest absolute Gasteiger partial charge is 0.483 e. The summed E-state index contributed by atoms with van der Waals surface area (Å²) < 4.78 is 5.55. The predicted molar refractivity (Wildman–Crippen MR) is 110 cm³/mol. The molecule has 0 saturated carbocycles. The lowest BCUT2D eigenvalue weighted by Gasteiger charge is -2.13. The van der Waals surface area contributed by atoms with Gasteiger partial charge in [-0.05, 0) is 68.7 Å². The van der Waals surface area contributed by atoms with Crippen molar-refractivity contribution in [3.8, 4) is 5.75 Å². The summed E-state index contributed by atoms with van der Waals surface area (Å²) in [6.45, 7) is 7.08. The summed E-state index contributed by atoms with van der Waals surface area (Å²) in [4.78, 5) is 35.8. The van der Waals surface area contributed by atoms with E-state index in [-0.39, 0.29) is 24.2 Å². The number of anilines is 2. The SMILES string of the molecule is CCCC(=O)Nc1ccc(OCC(=O)Nc2ccc(C)c(C)c2)c(C(C)=O)c1. The third-order valence-corrected chi connectivity index (χ3v) is 4.27. The second kappa shape index (κ2) is 9.69. The van der Waals surface area contributed by atoms with Crippen molar-refractivity contribution in [1.82, 2.24) is 0 Å². The maximum Gasteiger partial charge on any atom is 0.262 e. The number of ether oxygens (including phenoxy) is 1. The van der Waals surface area contributed by atoms with Gasteiger partial charge in [0.15, 0.2) is 12.4 Å². The Morgan fingerprint density at radius 3 is 2.18 bits per heavy atom. The maximum atomic E-state index is 12.2. The van der Waals surface area contributed by atoms with Gasteiger partial charge in [0.25, 0.3) is 5.91 Å². The minimum absolute atomic E-state index is 0.113. The number of hydrogen-bond acceptors (Lipinski definition) is 4. The van der Waals surface area contributed by atoms with Crippen molar-refractivity contribution in [1.29, 1.82) is 0 Å². The van der Waals surface area contributed by atoms with Crippen LogP contribution in [0.15, 0.2) is 36.4 Å². The second-order valence-corrected chi connectivity index (χ2v) is 6.70. The molecule has 0 fully saturated rings. The number of benzene rings is 2. The molecule has 2 N–H and O–H groups in total. The molecule has 0 aliphatic carbocycles. The smallest absolute Gasteiger partial charge is 0.262 e. The van der Waals surface area contributed by atoms with Crippen LogP contribution < -0.4 is 15.4 Å². The molecule has 2 amide bonds. The van der Waals surface area contributed by atoms with E-state index in [0.717, 1.165) is 17.5 Å². The van der Waals surface area contributed by atoms with Crippen LogP contribution in [0.5, 0.6) is 5.75 Å². The van der Waals surface area contributed by atoms with Gasteiger partial charge in [0.2, 0.25) is 5.91 Å². The lowest BCUT2D eigenvalue weighted by molar-refractivity contribution is -0.118. The Morgan fingerprint density at radius 1 is 0.893 bits per heavy atom. The first kappa shape index (κ1) is 21.2. The number of nitrogens with one attached hydrogen (secondary N) is 2. The van der Waals surface area contributed by atoms with E-state index in [2.05, 4.69) is 10.6 Å². The number of carbonyl (C=O) groups is 3. The Labute approximate surface area is 165 Å². The zero-order chi connectivity index (χ0) is 20.7. The van der Waals surface area contributed by atoms with Crippen LogP contribution >= 0.6 is 0 Å². The lowest BCUT2D eigenvalue weighted by atomic mass is 10.1. The summed E-state index contributed by atoms with van der Waals surface area (Å²) in [6.07, 6.45) is 1.15. The molecule has 2 rings (SSSR count). The minimum Gasteiger partial charge on any atom is -0.483 e. The number of Topliss-reactive ketones (excluding diaryl/α,β-unsaturated/α-hetero) is 1. The van der Waals surface area contributed by atoms with Gasteiger partial charge in [0.05, 0.1) is 5.56 Å². The zero-order valence-electron chi connectivity index (χ0n) is 16.7. The fourth-order valence-electron chi connectivity index (χ4n) is 2.62. The topological polar surface area (TPSA) is 84.5 Å². The summed E-state index contributed by atoms with van der Waals surface area (Å²) in [5.74, 6) is -0.344. The maximum absolute atomic E-state index is 12.2. The predicted octanol–water partition coefficient (Wildman–Crippen LogP) is 4.26. The molecule has 148 valence electrons. The highest BCUT2D eigenvalue weighted by atomic mass is 16.5. The Morgan fingerprint density at radius 2 is 1.54 bits per heavy atom. The molecular weight excluding hydrogens is 356 g/mol. The quantitative estimate of drug-likeness (QED) is 0.668. The van der Waals surface area contributed by atoms with Crippen molar-refractivity contribution < 1.29 is 19.1 Å². The van der Waals surface area contributed by atoms with Crippen molar-refractivity contribution in [2.24, 2.45) is 0 Å². The number of carbonyl (C=O) groups excluding carboxylic acids is 3. The van der Waals surface area contributed by atoms with E-state index in [1.54, 1.807) is 18.2 Å². The molecule has 6 heteroatoms. The van der Waals surface area contributed by atoms with Crippen LogP contribution in [0, 0.1) is 13.8 Å². The molecule has 6 nitrogen and oxygen atoms in total. The number of ketones is 1. The first-order valence-electron chi connectivity index (χ1n) is 9.25. The molecule has 2 aromatic rings. The number of rotatable bonds is 8. The first-order valence-corrected chi connectivity index (χ1v) is 9.25. The normalized spacial score (nSPS) is 10.3. The van der Waals surface area contributed by atoms with Gasteiger partial charge in [-0.15, -0.1) is 0 Å². The molecule has 0 spiro atoms. The van der Waals surface area contributed by atoms with E-state index in [9.17, 15) is 14.4 Å². The van der Waals surface area contributed by atoms with Gasteiger partial charge < -0.3 is 15.4 Å². The van der Waals surface area contributed by atoms with E-state index in [0.29, 0.717) is 29.1 Å². The molecule has 0 atom stereocenters. The van der Waals surface area contributed by atoms with E-state index >= 15 is 0 Å². The summed E-state index contributed by atoms with van der Waals surface area (Å²) >= 11 is 0. The van der Waals surface area contributed by atoms with Gasteiger partial charge in [-0.2, -0.15) is 0 Å². The second-order valence-electron chi connectivity index (χ2n) is 6.70. The van der Waals surface area contributed by atoms with Crippen LogP contribution in [-0.4, -0.2) is 24.2 Å². The number of amides is 2. The van der Waals surface area contributed by atoms with Crippen LogP contribution in [-0.2, 0) is 9.59 Å². The van der Waals surface area contributed by atoms with E-state index < -0.39 is 0 Å². The highest BCUT2D eigenvalue weighted by Gasteiger charge is 2.13. The fraction of sp³-hybridized carbons (Fsp3) is 0.318. The first-order chi connectivity index (χ1) is 13.3. The third-order valence-electron chi connectivity index (χ3n) is 4.27. The number of aryl methyl sites for hydroxylation is 2. The van der Waals surface area contributed by atoms with Crippen molar-refractivity contribution in [3.05, 3.63) is 53.1 Å². The van der Waals surface area contributed by atoms with Crippen molar-refractivity contribution in [2.75, 3.05) is 17.2 Å². The molecule has 0 aliphatic rings. The van der Waals surface area contributed by atoms with E-state index in [1.165, 1.54) is 6.92 Å². The summed E-state index contributed by atoms with van der Waals surface area (Å²) in [7, 11) is 0. The molecule has 0 saturated heterocycles. The molecule has 2 aromatic carbocycles. The molecule has 0 aliphatic heterocycles. The Balaban J connectivity index is 2.03. The van der Waals surface area contributed by atoms with Crippen molar-refractivity contribution in [3.63, 3.8) is 0 Å². The van der Waals surface area contributed by atoms with Crippen molar-refractivity contribution >= 4 is 29.0 Å². The highest BCUT2D eigenvalue weighted by Crippen LogP contribution is 2.24. The molecule has 0 aromatic heterocycles. The average molecular weight is 382 g/mol. The zero-order valence-corrected chi connectivity index (χ0v) is 16.7. The van der Waals surface area contributed by atoms with Crippen LogP contribution in [0.3, 0.4) is 0 Å². The monoisotopic (exact) mass is 382 g/mol. The van der Waals surface area contributed by atoms with Crippen LogP contribution in [0.1, 0.15) is 48.2 Å². The molecule has 28 heavy (non-hydrogen) atoms. The Hall–Kier alpha value is -3.15. The highest BCUT2D eigenvalue weighted by molar-refractivity contribution is 5.99. The summed E-state index contributed by atoms with van der Waals surface area (Å²) in [6, 6.07) is 10.5. The molecule has 0 heterocycles. The Bertz CT molecular complexity index is 890. The lowest BCUT2D eigenvalue weighted by Crippen LogP contribution is -2.21. The fourth-order valence-corrected chi connectivity index (χ4v) is 2.62. The van der Waals surface area contributed by atoms with Gasteiger partial charge in [-0.1, -0.05) is 13.0 Å². The third kappa shape index (κ3) is 5.94. The van der Waals surface area contributed by atoms with E-state index in [4.69, 9.17) is 4.74 Å². The summed E-state index contributed by atoms with van der Waals surface area (Å²) in [5, 5.41) is 5.52. The van der Waals surface area contributed by atoms with Crippen LogP contribution in [0.25, 0.3) is 0 Å². The number of hydrogen-bond donors (Lipinski definition) is 2. The van der Waals surface area contributed by atoms with Gasteiger partial charge >= 0.3 is 0 Å². The molecular formula is C22H26N2O4. The Kier molecular flexibility index (Phi) is 7.32. The van der Waals surface area contributed by atoms with Gasteiger partial charge in [0.1, 0.15) is 5.75 Å². The average Bonchev–Trinajstić information content (AvgIpc) is 2.63. The van der Waals surface area contributed by atoms with Crippen LogP contribution in [0.2, 0.25) is 0 Å². The summed E-state index contributed by atoms with van der Waals surface area (Å²) in [5.41, 5.74) is 3.76. The molecule has 0 unspecified atom stereocenters. The standard InChI is InChI=1S/C22H26N2O4/c1-5-6-21(26)23-18-9-10-20(19(12-18)16(4)25)28-13-22(27)24-17-8-7-14(2)15(3)11-17/h7-12H,5-6,13H2,1-4H3,(H,23,26)(H,24,27). The van der Waals surface area contributed by atoms with Gasteiger partial charge in [-0.25, -0.2) is 0 Å². The molecule has 0 bridgehead atoms. The molecule has 0 radical (unpaired) electrons. The van der Waals surface area contributed by atoms with Crippen LogP contribution in [0.4, 0.5) is 11.4 Å². The van der Waals surface area contributed by atoms with Gasteiger partial charge in [-0.3, -0.25) is 14.4 Å². The van der Waals surface area contributed by atoms with E-state index in [1.807, 2.05) is 39.0 Å². The van der Waals surface area contributed by atoms with Gasteiger partial charge in [0, 0.05) is 17.8 Å². The minimum atomic E-state index is -0.321. The van der Waals surface area contributed by atoms with Crippen molar-refractivity contribution in [2.45, 2.75) is 40.5 Å².